The van der Waals surface area contributed by atoms with Crippen molar-refractivity contribution in [3.8, 4) is 5.75 Å². The van der Waals surface area contributed by atoms with Crippen molar-refractivity contribution in [2.24, 2.45) is 0 Å². The molecular weight excluding hydrogens is 328 g/mol. The summed E-state index contributed by atoms with van der Waals surface area (Å²) in [6.07, 6.45) is 4.65. The van der Waals surface area contributed by atoms with Crippen LogP contribution in [0.15, 0.2) is 48.8 Å². The van der Waals surface area contributed by atoms with E-state index in [4.69, 9.17) is 4.74 Å². The number of hydrogen-bond donors (Lipinski definition) is 1. The standard InChI is InChI=1S/C20H26N4O2/c1-3-16(2)26-19-9-5-4-8-18(19)22-20(25)24-13-11-23(12-14-24)17-7-6-10-21-15-17/h4-10,15-16H,3,11-14H2,1-2H3,(H,22,25)/t16-/m0/s1. The molecule has 2 heterocycles. The van der Waals surface area contributed by atoms with E-state index in [9.17, 15) is 4.79 Å². The van der Waals surface area contributed by atoms with Crippen LogP contribution in [0.4, 0.5) is 16.2 Å². The van der Waals surface area contributed by atoms with E-state index in [0.29, 0.717) is 24.5 Å². The number of carbonyl (C=O) groups is 1. The van der Waals surface area contributed by atoms with Crippen molar-refractivity contribution in [2.75, 3.05) is 36.4 Å². The number of piperazine rings is 1. The molecule has 26 heavy (non-hydrogen) atoms. The normalized spacial score (nSPS) is 15.5. The third-order valence-corrected chi connectivity index (χ3v) is 4.61. The van der Waals surface area contributed by atoms with E-state index in [-0.39, 0.29) is 12.1 Å². The van der Waals surface area contributed by atoms with Crippen LogP contribution in [0, 0.1) is 0 Å². The van der Waals surface area contributed by atoms with Crippen molar-refractivity contribution in [1.82, 2.24) is 9.88 Å². The zero-order valence-corrected chi connectivity index (χ0v) is 15.4. The largest absolute Gasteiger partial charge is 0.489 e. The Kier molecular flexibility index (Phi) is 5.94. The predicted octanol–water partition coefficient (Wildman–Crippen LogP) is 3.61. The molecule has 0 spiro atoms. The van der Waals surface area contributed by atoms with Gasteiger partial charge in [-0.2, -0.15) is 0 Å². The van der Waals surface area contributed by atoms with Gasteiger partial charge in [-0.1, -0.05) is 19.1 Å². The molecule has 1 atom stereocenters. The van der Waals surface area contributed by atoms with Gasteiger partial charge in [0, 0.05) is 32.4 Å². The number of carbonyl (C=O) groups excluding carboxylic acids is 1. The number of rotatable bonds is 5. The van der Waals surface area contributed by atoms with Crippen LogP contribution in [0.2, 0.25) is 0 Å². The molecule has 1 aromatic carbocycles. The monoisotopic (exact) mass is 354 g/mol. The molecule has 138 valence electrons. The summed E-state index contributed by atoms with van der Waals surface area (Å²) in [5.41, 5.74) is 1.81. The van der Waals surface area contributed by atoms with E-state index < -0.39 is 0 Å². The van der Waals surface area contributed by atoms with Crippen molar-refractivity contribution >= 4 is 17.4 Å². The maximum absolute atomic E-state index is 12.6. The van der Waals surface area contributed by atoms with Crippen LogP contribution in [0.1, 0.15) is 20.3 Å². The highest BCUT2D eigenvalue weighted by Gasteiger charge is 2.22. The lowest BCUT2D eigenvalue weighted by atomic mass is 10.2. The van der Waals surface area contributed by atoms with Gasteiger partial charge in [0.1, 0.15) is 5.75 Å². The molecule has 6 nitrogen and oxygen atoms in total. The number of urea groups is 1. The number of pyridine rings is 1. The Bertz CT molecular complexity index is 715. The number of hydrogen-bond acceptors (Lipinski definition) is 4. The minimum absolute atomic E-state index is 0.0870. The van der Waals surface area contributed by atoms with Crippen LogP contribution in [-0.2, 0) is 0 Å². The fraction of sp³-hybridized carbons (Fsp3) is 0.400. The summed E-state index contributed by atoms with van der Waals surface area (Å²) in [7, 11) is 0. The fourth-order valence-corrected chi connectivity index (χ4v) is 2.88. The lowest BCUT2D eigenvalue weighted by molar-refractivity contribution is 0.206. The molecule has 3 rings (SSSR count). The van der Waals surface area contributed by atoms with Crippen LogP contribution in [0.3, 0.4) is 0 Å². The fourth-order valence-electron chi connectivity index (χ4n) is 2.88. The van der Waals surface area contributed by atoms with Gasteiger partial charge in [-0.05, 0) is 37.6 Å². The van der Waals surface area contributed by atoms with Crippen molar-refractivity contribution in [1.29, 1.82) is 0 Å². The van der Waals surface area contributed by atoms with Gasteiger partial charge in [-0.3, -0.25) is 4.98 Å². The second-order valence-corrected chi connectivity index (χ2v) is 6.45. The second kappa shape index (κ2) is 8.56. The molecule has 1 fully saturated rings. The first kappa shape index (κ1) is 18.0. The Morgan fingerprint density at radius 2 is 1.96 bits per heavy atom. The molecule has 0 unspecified atom stereocenters. The molecule has 0 aliphatic carbocycles. The number of benzene rings is 1. The van der Waals surface area contributed by atoms with Gasteiger partial charge in [-0.25, -0.2) is 4.79 Å². The van der Waals surface area contributed by atoms with Gasteiger partial charge in [0.15, 0.2) is 0 Å². The number of nitrogens with zero attached hydrogens (tertiary/aromatic N) is 3. The Morgan fingerprint density at radius 3 is 2.65 bits per heavy atom. The van der Waals surface area contributed by atoms with Gasteiger partial charge in [-0.15, -0.1) is 0 Å². The topological polar surface area (TPSA) is 57.7 Å². The van der Waals surface area contributed by atoms with E-state index in [1.165, 1.54) is 0 Å². The van der Waals surface area contributed by atoms with Gasteiger partial charge in [0.2, 0.25) is 0 Å². The number of anilines is 2. The molecule has 1 saturated heterocycles. The molecule has 1 N–H and O–H groups in total. The van der Waals surface area contributed by atoms with Crippen LogP contribution in [0.5, 0.6) is 5.75 Å². The lowest BCUT2D eigenvalue weighted by Gasteiger charge is -2.35. The average Bonchev–Trinajstić information content (AvgIpc) is 2.70. The van der Waals surface area contributed by atoms with Crippen LogP contribution >= 0.6 is 0 Å². The van der Waals surface area contributed by atoms with Gasteiger partial charge in [0.05, 0.1) is 23.7 Å². The van der Waals surface area contributed by atoms with Crippen molar-refractivity contribution in [2.45, 2.75) is 26.4 Å². The van der Waals surface area contributed by atoms with Crippen LogP contribution in [0.25, 0.3) is 0 Å². The minimum Gasteiger partial charge on any atom is -0.489 e. The van der Waals surface area contributed by atoms with E-state index in [1.807, 2.05) is 54.4 Å². The molecule has 0 radical (unpaired) electrons. The minimum atomic E-state index is -0.0870. The number of ether oxygens (including phenoxy) is 1. The average molecular weight is 354 g/mol. The molecule has 1 aliphatic heterocycles. The quantitative estimate of drug-likeness (QED) is 0.891. The molecule has 1 aliphatic rings. The number of para-hydroxylation sites is 2. The summed E-state index contributed by atoms with van der Waals surface area (Å²) in [5.74, 6) is 0.712. The van der Waals surface area contributed by atoms with E-state index in [0.717, 1.165) is 25.2 Å². The molecule has 2 aromatic rings. The summed E-state index contributed by atoms with van der Waals surface area (Å²) < 4.78 is 5.91. The number of nitrogens with one attached hydrogen (secondary N) is 1. The molecule has 6 heteroatoms. The zero-order valence-electron chi connectivity index (χ0n) is 15.4. The molecule has 0 saturated carbocycles. The first-order valence-corrected chi connectivity index (χ1v) is 9.14. The first-order chi connectivity index (χ1) is 12.7. The molecular formula is C20H26N4O2. The van der Waals surface area contributed by atoms with Crippen LogP contribution < -0.4 is 15.0 Å². The molecule has 0 bridgehead atoms. The molecule has 2 amide bonds. The third-order valence-electron chi connectivity index (χ3n) is 4.61. The Hall–Kier alpha value is -2.76. The third kappa shape index (κ3) is 4.45. The Balaban J connectivity index is 1.58. The predicted molar refractivity (Wildman–Crippen MR) is 104 cm³/mol. The van der Waals surface area contributed by atoms with E-state index in [1.54, 1.807) is 6.20 Å². The summed E-state index contributed by atoms with van der Waals surface area (Å²) >= 11 is 0. The SMILES string of the molecule is CC[C@H](C)Oc1ccccc1NC(=O)N1CCN(c2cccnc2)CC1. The van der Waals surface area contributed by atoms with Crippen LogP contribution in [-0.4, -0.2) is 48.2 Å². The summed E-state index contributed by atoms with van der Waals surface area (Å²) in [5, 5.41) is 3.00. The van der Waals surface area contributed by atoms with Gasteiger partial charge >= 0.3 is 6.03 Å². The highest BCUT2D eigenvalue weighted by atomic mass is 16.5. The van der Waals surface area contributed by atoms with E-state index in [2.05, 4.69) is 22.1 Å². The summed E-state index contributed by atoms with van der Waals surface area (Å²) in [6.45, 7) is 7.04. The van der Waals surface area contributed by atoms with Gasteiger partial charge < -0.3 is 19.9 Å². The van der Waals surface area contributed by atoms with Crippen molar-refractivity contribution < 1.29 is 9.53 Å². The summed E-state index contributed by atoms with van der Waals surface area (Å²) in [4.78, 5) is 20.9. The Morgan fingerprint density at radius 1 is 1.19 bits per heavy atom. The first-order valence-electron chi connectivity index (χ1n) is 9.14. The number of amides is 2. The smallest absolute Gasteiger partial charge is 0.322 e. The second-order valence-electron chi connectivity index (χ2n) is 6.45. The summed E-state index contributed by atoms with van der Waals surface area (Å²) in [6, 6.07) is 11.5. The lowest BCUT2D eigenvalue weighted by Crippen LogP contribution is -2.50. The highest BCUT2D eigenvalue weighted by Crippen LogP contribution is 2.26. The van der Waals surface area contributed by atoms with Gasteiger partial charge in [0.25, 0.3) is 0 Å². The van der Waals surface area contributed by atoms with E-state index >= 15 is 0 Å². The maximum atomic E-state index is 12.6. The zero-order chi connectivity index (χ0) is 18.4. The Labute approximate surface area is 154 Å². The molecule has 1 aromatic heterocycles. The van der Waals surface area contributed by atoms with Crippen molar-refractivity contribution in [3.05, 3.63) is 48.8 Å². The maximum Gasteiger partial charge on any atom is 0.322 e. The number of aromatic nitrogens is 1. The highest BCUT2D eigenvalue weighted by molar-refractivity contribution is 5.91. The van der Waals surface area contributed by atoms with Crippen molar-refractivity contribution in [3.63, 3.8) is 0 Å².